The van der Waals surface area contributed by atoms with Crippen LogP contribution in [0.4, 0.5) is 11.4 Å². The molecule has 2 heterocycles. The van der Waals surface area contributed by atoms with Crippen LogP contribution in [0.1, 0.15) is 64.8 Å². The molecular weight excluding hydrogens is 398 g/mol. The molecular formula is C27H31N3O2. The van der Waals surface area contributed by atoms with Gasteiger partial charge in [0.2, 0.25) is 0 Å². The van der Waals surface area contributed by atoms with Gasteiger partial charge in [-0.2, -0.15) is 0 Å². The van der Waals surface area contributed by atoms with Crippen molar-refractivity contribution in [1.29, 1.82) is 0 Å². The molecule has 0 spiro atoms. The van der Waals surface area contributed by atoms with Gasteiger partial charge in [0.05, 0.1) is 5.56 Å². The maximum absolute atomic E-state index is 11.5. The number of fused-ring (bicyclic) bond motifs is 1. The van der Waals surface area contributed by atoms with Gasteiger partial charge in [0.1, 0.15) is 0 Å². The van der Waals surface area contributed by atoms with Crippen LogP contribution in [0.5, 0.6) is 0 Å². The smallest absolute Gasteiger partial charge is 0.336 e. The van der Waals surface area contributed by atoms with Gasteiger partial charge in [0.25, 0.3) is 0 Å². The van der Waals surface area contributed by atoms with Crippen LogP contribution in [0.25, 0.3) is 0 Å². The summed E-state index contributed by atoms with van der Waals surface area (Å²) in [6.07, 6.45) is 4.77. The number of aromatic nitrogens is 1. The monoisotopic (exact) mass is 429 g/mol. The fraction of sp³-hybridized carbons (Fsp3) is 0.333. The largest absolute Gasteiger partial charge is 0.478 e. The summed E-state index contributed by atoms with van der Waals surface area (Å²) < 4.78 is 0. The summed E-state index contributed by atoms with van der Waals surface area (Å²) in [5.74, 6) is -0.364. The van der Waals surface area contributed by atoms with E-state index in [2.05, 4.69) is 85.2 Å². The van der Waals surface area contributed by atoms with E-state index in [1.807, 2.05) is 0 Å². The van der Waals surface area contributed by atoms with E-state index in [0.717, 1.165) is 18.5 Å². The molecule has 1 atom stereocenters. The number of anilines is 2. The number of carboxylic acid groups (broad SMARTS) is 1. The van der Waals surface area contributed by atoms with Crippen molar-refractivity contribution in [1.82, 2.24) is 9.88 Å². The summed E-state index contributed by atoms with van der Waals surface area (Å²) >= 11 is 0. The summed E-state index contributed by atoms with van der Waals surface area (Å²) in [6.45, 7) is 5.32. The molecule has 0 aliphatic carbocycles. The number of hydrogen-bond donors (Lipinski definition) is 1. The molecule has 1 aliphatic rings. The minimum Gasteiger partial charge on any atom is -0.478 e. The minimum absolute atomic E-state index is 0.275. The third-order valence-corrected chi connectivity index (χ3v) is 6.59. The van der Waals surface area contributed by atoms with Gasteiger partial charge in [-0.3, -0.25) is 9.88 Å². The Bertz CT molecular complexity index is 1110. The molecule has 0 radical (unpaired) electrons. The molecule has 0 saturated heterocycles. The molecule has 1 aliphatic heterocycles. The topological polar surface area (TPSA) is 56.7 Å². The normalized spacial score (nSPS) is 15.7. The Morgan fingerprint density at radius 1 is 1.16 bits per heavy atom. The average molecular weight is 430 g/mol. The molecule has 0 bridgehead atoms. The van der Waals surface area contributed by atoms with E-state index < -0.39 is 5.97 Å². The Kier molecular flexibility index (Phi) is 6.28. The summed E-state index contributed by atoms with van der Waals surface area (Å²) in [7, 11) is 4.25. The van der Waals surface area contributed by atoms with E-state index in [4.69, 9.17) is 0 Å². The number of pyridine rings is 1. The zero-order valence-corrected chi connectivity index (χ0v) is 19.2. The number of aromatic carboxylic acids is 1. The fourth-order valence-electron chi connectivity index (χ4n) is 4.61. The first-order chi connectivity index (χ1) is 15.3. The highest BCUT2D eigenvalue weighted by Crippen LogP contribution is 2.38. The third-order valence-electron chi connectivity index (χ3n) is 6.59. The molecule has 0 unspecified atom stereocenters. The van der Waals surface area contributed by atoms with Crippen molar-refractivity contribution >= 4 is 17.3 Å². The van der Waals surface area contributed by atoms with Gasteiger partial charge in [-0.15, -0.1) is 0 Å². The Morgan fingerprint density at radius 3 is 2.56 bits per heavy atom. The van der Waals surface area contributed by atoms with Crippen molar-refractivity contribution in [2.24, 2.45) is 0 Å². The molecule has 166 valence electrons. The average Bonchev–Trinajstić information content (AvgIpc) is 3.11. The van der Waals surface area contributed by atoms with Gasteiger partial charge in [0, 0.05) is 43.4 Å². The first-order valence-electron chi connectivity index (χ1n) is 11.2. The second-order valence-electron chi connectivity index (χ2n) is 9.00. The lowest BCUT2D eigenvalue weighted by Gasteiger charge is -2.22. The third kappa shape index (κ3) is 4.39. The van der Waals surface area contributed by atoms with Crippen LogP contribution in [0.2, 0.25) is 0 Å². The van der Waals surface area contributed by atoms with Crippen molar-refractivity contribution in [2.75, 3.05) is 19.0 Å². The maximum Gasteiger partial charge on any atom is 0.336 e. The van der Waals surface area contributed by atoms with Gasteiger partial charge in [-0.1, -0.05) is 32.0 Å². The molecule has 1 N–H and O–H groups in total. The Hall–Kier alpha value is -3.18. The van der Waals surface area contributed by atoms with E-state index in [1.54, 1.807) is 18.5 Å². The molecule has 5 heteroatoms. The summed E-state index contributed by atoms with van der Waals surface area (Å²) in [6, 6.07) is 17.4. The van der Waals surface area contributed by atoms with Crippen LogP contribution in [0.15, 0.2) is 60.9 Å². The second kappa shape index (κ2) is 9.13. The number of aryl methyl sites for hydroxylation is 1. The fourth-order valence-corrected chi connectivity index (χ4v) is 4.61. The lowest BCUT2D eigenvalue weighted by Crippen LogP contribution is -2.17. The van der Waals surface area contributed by atoms with Crippen LogP contribution in [-0.4, -0.2) is 35.1 Å². The van der Waals surface area contributed by atoms with E-state index in [-0.39, 0.29) is 6.04 Å². The van der Waals surface area contributed by atoms with Crippen LogP contribution in [-0.2, 0) is 13.0 Å². The van der Waals surface area contributed by atoms with Crippen LogP contribution in [0, 0.1) is 0 Å². The van der Waals surface area contributed by atoms with E-state index in [1.165, 1.54) is 28.1 Å². The minimum atomic E-state index is -0.892. The van der Waals surface area contributed by atoms with Crippen molar-refractivity contribution < 1.29 is 9.90 Å². The van der Waals surface area contributed by atoms with Gasteiger partial charge in [0.15, 0.2) is 0 Å². The highest BCUT2D eigenvalue weighted by Gasteiger charge is 2.28. The van der Waals surface area contributed by atoms with Crippen LogP contribution in [0.3, 0.4) is 0 Å². The van der Waals surface area contributed by atoms with Gasteiger partial charge < -0.3 is 10.0 Å². The lowest BCUT2D eigenvalue weighted by molar-refractivity contribution is 0.0695. The summed E-state index contributed by atoms with van der Waals surface area (Å²) in [5.41, 5.74) is 7.51. The van der Waals surface area contributed by atoms with Crippen molar-refractivity contribution in [3.8, 4) is 0 Å². The molecule has 5 nitrogen and oxygen atoms in total. The number of carboxylic acids is 1. The van der Waals surface area contributed by atoms with Crippen LogP contribution >= 0.6 is 0 Å². The van der Waals surface area contributed by atoms with Gasteiger partial charge in [-0.25, -0.2) is 4.79 Å². The quantitative estimate of drug-likeness (QED) is 0.515. The number of benzene rings is 2. The Balaban J connectivity index is 1.51. The number of carbonyl (C=O) groups is 1. The van der Waals surface area contributed by atoms with E-state index in [9.17, 15) is 9.90 Å². The van der Waals surface area contributed by atoms with Gasteiger partial charge >= 0.3 is 5.97 Å². The molecule has 0 saturated carbocycles. The maximum atomic E-state index is 11.5. The second-order valence-corrected chi connectivity index (χ2v) is 9.00. The first kappa shape index (κ1) is 22.0. The zero-order valence-electron chi connectivity index (χ0n) is 19.2. The SMILES string of the molecule is CC(C)c1ccc(N(C)c2ccc3c(c2)CN(C)[C@H]3CCc2cnccc2C(=O)O)cc1. The molecule has 4 rings (SSSR count). The molecule has 2 aromatic carbocycles. The number of rotatable bonds is 7. The highest BCUT2D eigenvalue weighted by molar-refractivity contribution is 5.89. The van der Waals surface area contributed by atoms with Crippen molar-refractivity contribution in [3.05, 3.63) is 88.7 Å². The summed E-state index contributed by atoms with van der Waals surface area (Å²) in [5, 5.41) is 9.44. The summed E-state index contributed by atoms with van der Waals surface area (Å²) in [4.78, 5) is 20.2. The highest BCUT2D eigenvalue weighted by atomic mass is 16.4. The molecule has 0 amide bonds. The molecule has 3 aromatic rings. The zero-order chi connectivity index (χ0) is 22.8. The predicted octanol–water partition coefficient (Wildman–Crippen LogP) is 5.79. The van der Waals surface area contributed by atoms with E-state index >= 15 is 0 Å². The molecule has 1 aromatic heterocycles. The first-order valence-corrected chi connectivity index (χ1v) is 11.2. The van der Waals surface area contributed by atoms with Crippen LogP contribution < -0.4 is 4.90 Å². The van der Waals surface area contributed by atoms with Crippen molar-refractivity contribution in [3.63, 3.8) is 0 Å². The number of nitrogens with zero attached hydrogens (tertiary/aromatic N) is 3. The van der Waals surface area contributed by atoms with Crippen molar-refractivity contribution in [2.45, 2.75) is 45.2 Å². The number of hydrogen-bond acceptors (Lipinski definition) is 4. The molecule has 0 fully saturated rings. The standard InChI is InChI=1S/C27H31N3O2/c1-18(2)19-5-8-22(9-6-19)30(4)23-10-11-24-21(15-23)17-29(3)26(24)12-7-20-16-28-14-13-25(20)27(31)32/h5-6,8-11,13-16,18,26H,7,12,17H2,1-4H3,(H,31,32)/t26-/m0/s1. The Labute approximate surface area is 190 Å². The van der Waals surface area contributed by atoms with E-state index in [0.29, 0.717) is 17.9 Å². The molecule has 32 heavy (non-hydrogen) atoms. The lowest BCUT2D eigenvalue weighted by atomic mass is 9.96. The predicted molar refractivity (Wildman–Crippen MR) is 129 cm³/mol. The Morgan fingerprint density at radius 2 is 1.88 bits per heavy atom. The van der Waals surface area contributed by atoms with Gasteiger partial charge in [-0.05, 0) is 78.4 Å².